The highest BCUT2D eigenvalue weighted by atomic mass is 19.4. The summed E-state index contributed by atoms with van der Waals surface area (Å²) >= 11 is 0. The van der Waals surface area contributed by atoms with Crippen molar-refractivity contribution in [2.24, 2.45) is 0 Å². The molecule has 1 aromatic carbocycles. The number of nitrogens with one attached hydrogen (secondary N) is 3. The smallest absolute Gasteiger partial charge is 0.349 e. The third-order valence-electron chi connectivity index (χ3n) is 6.64. The second-order valence-electron chi connectivity index (χ2n) is 8.94. The molecule has 1 aromatic heterocycles. The number of aromatic amines is 1. The van der Waals surface area contributed by atoms with Crippen molar-refractivity contribution in [3.05, 3.63) is 69.6 Å². The zero-order valence-corrected chi connectivity index (χ0v) is 18.5. The molecule has 2 heterocycles. The second kappa shape index (κ2) is 10.0. The number of alkyl halides is 3. The van der Waals surface area contributed by atoms with Gasteiger partial charge in [0.15, 0.2) is 0 Å². The molecule has 182 valence electrons. The first kappa shape index (κ1) is 24.0. The summed E-state index contributed by atoms with van der Waals surface area (Å²) in [6.45, 7) is 1.13. The number of benzene rings is 1. The SMILES string of the molecule is O=C(CNC(=O)c1cccc(C(F)(F)F)c1)NC1CN(C2CCC(c3ccc[nH]c3=O)CC2)C1. The van der Waals surface area contributed by atoms with Crippen molar-refractivity contribution >= 4 is 11.8 Å². The highest BCUT2D eigenvalue weighted by molar-refractivity contribution is 5.96. The van der Waals surface area contributed by atoms with Gasteiger partial charge in [0.25, 0.3) is 11.5 Å². The van der Waals surface area contributed by atoms with Gasteiger partial charge in [0.05, 0.1) is 18.2 Å². The van der Waals surface area contributed by atoms with Gasteiger partial charge in [-0.3, -0.25) is 19.3 Å². The Morgan fingerprint density at radius 3 is 2.47 bits per heavy atom. The highest BCUT2D eigenvalue weighted by Crippen LogP contribution is 2.34. The fraction of sp³-hybridized carbons (Fsp3) is 0.458. The Kier molecular flexibility index (Phi) is 7.06. The van der Waals surface area contributed by atoms with E-state index in [0.29, 0.717) is 19.1 Å². The van der Waals surface area contributed by atoms with Crippen LogP contribution in [0.2, 0.25) is 0 Å². The van der Waals surface area contributed by atoms with Crippen LogP contribution in [0, 0.1) is 0 Å². The molecule has 1 aliphatic carbocycles. The third-order valence-corrected chi connectivity index (χ3v) is 6.64. The Bertz CT molecular complexity index is 1090. The fourth-order valence-electron chi connectivity index (χ4n) is 4.79. The van der Waals surface area contributed by atoms with Crippen molar-refractivity contribution in [1.29, 1.82) is 0 Å². The minimum Gasteiger partial charge on any atom is -0.349 e. The number of halogens is 3. The van der Waals surface area contributed by atoms with E-state index in [-0.39, 0.29) is 35.5 Å². The number of H-pyrrole nitrogens is 1. The Labute approximate surface area is 194 Å². The molecule has 2 fully saturated rings. The van der Waals surface area contributed by atoms with Gasteiger partial charge >= 0.3 is 6.18 Å². The number of hydrogen-bond acceptors (Lipinski definition) is 4. The van der Waals surface area contributed by atoms with E-state index in [2.05, 4.69) is 20.5 Å². The number of carbonyl (C=O) groups excluding carboxylic acids is 2. The summed E-state index contributed by atoms with van der Waals surface area (Å²) in [7, 11) is 0. The van der Waals surface area contributed by atoms with Crippen LogP contribution >= 0.6 is 0 Å². The topological polar surface area (TPSA) is 94.3 Å². The number of pyridine rings is 1. The second-order valence-corrected chi connectivity index (χ2v) is 8.94. The van der Waals surface area contributed by atoms with E-state index in [1.165, 1.54) is 6.07 Å². The van der Waals surface area contributed by atoms with Crippen LogP contribution in [0.25, 0.3) is 0 Å². The summed E-state index contributed by atoms with van der Waals surface area (Å²) in [5, 5.41) is 5.22. The van der Waals surface area contributed by atoms with Crippen LogP contribution in [0.15, 0.2) is 47.4 Å². The number of rotatable bonds is 6. The van der Waals surface area contributed by atoms with Gasteiger partial charge in [-0.2, -0.15) is 13.2 Å². The minimum absolute atomic E-state index is 0.0159. The van der Waals surface area contributed by atoms with Crippen LogP contribution < -0.4 is 16.2 Å². The number of likely N-dealkylation sites (tertiary alicyclic amines) is 1. The molecule has 2 amide bonds. The summed E-state index contributed by atoms with van der Waals surface area (Å²) in [6, 6.07) is 8.24. The highest BCUT2D eigenvalue weighted by Gasteiger charge is 2.36. The van der Waals surface area contributed by atoms with Gasteiger partial charge in [-0.15, -0.1) is 0 Å². The van der Waals surface area contributed by atoms with E-state index in [4.69, 9.17) is 0 Å². The molecule has 0 atom stereocenters. The van der Waals surface area contributed by atoms with Gasteiger partial charge in [-0.25, -0.2) is 0 Å². The average Bonchev–Trinajstić information content (AvgIpc) is 2.79. The Morgan fingerprint density at radius 1 is 1.06 bits per heavy atom. The van der Waals surface area contributed by atoms with Gasteiger partial charge in [0, 0.05) is 36.5 Å². The number of aromatic nitrogens is 1. The van der Waals surface area contributed by atoms with Crippen molar-refractivity contribution in [1.82, 2.24) is 20.5 Å². The first-order valence-corrected chi connectivity index (χ1v) is 11.4. The standard InChI is InChI=1S/C24H27F3N4O3/c25-24(26,27)17-4-1-3-16(11-17)22(33)29-12-21(32)30-18-13-31(14-18)19-8-6-15(7-9-19)20-5-2-10-28-23(20)34/h1-5,10-11,15,18-19H,6-9,12-14H2,(H,28,34)(H,29,33)(H,30,32). The van der Waals surface area contributed by atoms with Crippen molar-refractivity contribution in [3.8, 4) is 0 Å². The molecule has 3 N–H and O–H groups in total. The van der Waals surface area contributed by atoms with Crippen molar-refractivity contribution < 1.29 is 22.8 Å². The summed E-state index contributed by atoms with van der Waals surface area (Å²) < 4.78 is 38.4. The van der Waals surface area contributed by atoms with E-state index >= 15 is 0 Å². The first-order chi connectivity index (χ1) is 16.2. The molecule has 1 saturated carbocycles. The molecule has 2 aromatic rings. The predicted molar refractivity (Wildman–Crippen MR) is 119 cm³/mol. The zero-order chi connectivity index (χ0) is 24.3. The first-order valence-electron chi connectivity index (χ1n) is 11.4. The van der Waals surface area contributed by atoms with Crippen LogP contribution in [0.3, 0.4) is 0 Å². The normalized spacial score (nSPS) is 21.5. The largest absolute Gasteiger partial charge is 0.416 e. The Balaban J connectivity index is 1.17. The minimum atomic E-state index is -4.54. The molecule has 1 saturated heterocycles. The van der Waals surface area contributed by atoms with Crippen molar-refractivity contribution in [3.63, 3.8) is 0 Å². The molecular formula is C24H27F3N4O3. The van der Waals surface area contributed by atoms with Crippen LogP contribution in [0.1, 0.15) is 53.1 Å². The number of nitrogens with zero attached hydrogens (tertiary/aromatic N) is 1. The maximum absolute atomic E-state index is 12.8. The van der Waals surface area contributed by atoms with E-state index in [0.717, 1.165) is 49.4 Å². The van der Waals surface area contributed by atoms with Crippen molar-refractivity contribution in [2.45, 2.75) is 49.9 Å². The van der Waals surface area contributed by atoms with E-state index in [1.54, 1.807) is 6.20 Å². The van der Waals surface area contributed by atoms with E-state index in [9.17, 15) is 27.6 Å². The lowest BCUT2D eigenvalue weighted by Crippen LogP contribution is -2.63. The molecule has 10 heteroatoms. The van der Waals surface area contributed by atoms with Gasteiger partial charge in [0.2, 0.25) is 5.91 Å². The summed E-state index contributed by atoms with van der Waals surface area (Å²) in [6.07, 6.45) is 0.990. The molecule has 7 nitrogen and oxygen atoms in total. The van der Waals surface area contributed by atoms with Gasteiger partial charge in [-0.05, 0) is 55.9 Å². The number of hydrogen-bond donors (Lipinski definition) is 3. The van der Waals surface area contributed by atoms with Crippen LogP contribution in [0.5, 0.6) is 0 Å². The summed E-state index contributed by atoms with van der Waals surface area (Å²) in [5.74, 6) is -0.833. The zero-order valence-electron chi connectivity index (χ0n) is 18.5. The van der Waals surface area contributed by atoms with E-state index in [1.807, 2.05) is 12.1 Å². The quantitative estimate of drug-likeness (QED) is 0.598. The van der Waals surface area contributed by atoms with Crippen LogP contribution in [-0.4, -0.2) is 53.4 Å². The molecule has 4 rings (SSSR count). The average molecular weight is 476 g/mol. The lowest BCUT2D eigenvalue weighted by molar-refractivity contribution is -0.137. The van der Waals surface area contributed by atoms with Crippen LogP contribution in [0.4, 0.5) is 13.2 Å². The summed E-state index contributed by atoms with van der Waals surface area (Å²) in [5.41, 5.74) is -0.228. The molecule has 34 heavy (non-hydrogen) atoms. The predicted octanol–water partition coefficient (Wildman–Crippen LogP) is 2.65. The third kappa shape index (κ3) is 5.67. The van der Waals surface area contributed by atoms with E-state index < -0.39 is 17.6 Å². The maximum atomic E-state index is 12.8. The Hall–Kier alpha value is -3.14. The number of amides is 2. The van der Waals surface area contributed by atoms with Gasteiger partial charge in [-0.1, -0.05) is 12.1 Å². The molecule has 0 unspecified atom stereocenters. The van der Waals surface area contributed by atoms with Gasteiger partial charge < -0.3 is 15.6 Å². The summed E-state index contributed by atoms with van der Waals surface area (Å²) in [4.78, 5) is 41.3. The molecule has 0 radical (unpaired) electrons. The van der Waals surface area contributed by atoms with Crippen LogP contribution in [-0.2, 0) is 11.0 Å². The van der Waals surface area contributed by atoms with Gasteiger partial charge in [0.1, 0.15) is 0 Å². The molecular weight excluding hydrogens is 449 g/mol. The van der Waals surface area contributed by atoms with Crippen molar-refractivity contribution in [2.75, 3.05) is 19.6 Å². The molecule has 0 bridgehead atoms. The Morgan fingerprint density at radius 2 is 1.79 bits per heavy atom. The fourth-order valence-corrected chi connectivity index (χ4v) is 4.79. The molecule has 0 spiro atoms. The maximum Gasteiger partial charge on any atom is 0.416 e. The number of carbonyl (C=O) groups is 2. The lowest BCUT2D eigenvalue weighted by atomic mass is 9.80. The lowest BCUT2D eigenvalue weighted by Gasteiger charge is -2.46. The monoisotopic (exact) mass is 476 g/mol. The molecule has 1 aliphatic heterocycles. The molecule has 2 aliphatic rings.